The maximum Gasteiger partial charge on any atom is 0.305 e. The van der Waals surface area contributed by atoms with Crippen LogP contribution in [-0.4, -0.2) is 40.5 Å². The zero-order chi connectivity index (χ0) is 12.3. The topological polar surface area (TPSA) is 83.6 Å². The molecule has 0 saturated heterocycles. The number of carbonyl (C=O) groups is 2. The number of carboxylic acid groups (broad SMARTS) is 1. The van der Waals surface area contributed by atoms with E-state index in [1.54, 1.807) is 13.8 Å². The Morgan fingerprint density at radius 1 is 1.44 bits per heavy atom. The van der Waals surface area contributed by atoms with Gasteiger partial charge in [0.05, 0.1) is 12.1 Å². The molecule has 1 aromatic rings. The van der Waals surface area contributed by atoms with Gasteiger partial charge in [-0.15, -0.1) is 0 Å². The van der Waals surface area contributed by atoms with Gasteiger partial charge in [-0.25, -0.2) is 4.98 Å². The van der Waals surface area contributed by atoms with Crippen LogP contribution in [0.2, 0.25) is 0 Å². The smallest absolute Gasteiger partial charge is 0.305 e. The van der Waals surface area contributed by atoms with E-state index >= 15 is 0 Å². The molecule has 0 aliphatic rings. The third-order valence-electron chi connectivity index (χ3n) is 2.11. The molecule has 0 aromatic carbocycles. The Labute approximate surface area is 92.9 Å². The Kier molecular flexibility index (Phi) is 3.65. The van der Waals surface area contributed by atoms with Crippen LogP contribution >= 0.6 is 0 Å². The van der Waals surface area contributed by atoms with E-state index in [4.69, 9.17) is 9.52 Å². The van der Waals surface area contributed by atoms with E-state index in [-0.39, 0.29) is 24.6 Å². The first-order valence-electron chi connectivity index (χ1n) is 4.83. The maximum absolute atomic E-state index is 11.8. The molecule has 88 valence electrons. The van der Waals surface area contributed by atoms with Gasteiger partial charge in [-0.2, -0.15) is 0 Å². The van der Waals surface area contributed by atoms with Gasteiger partial charge in [-0.05, 0) is 6.92 Å². The van der Waals surface area contributed by atoms with Gasteiger partial charge in [0.15, 0.2) is 5.89 Å². The number of carboxylic acids is 1. The molecular weight excluding hydrogens is 212 g/mol. The second kappa shape index (κ2) is 4.78. The molecule has 0 bridgehead atoms. The number of aromatic nitrogens is 1. The van der Waals surface area contributed by atoms with Crippen molar-refractivity contribution in [1.29, 1.82) is 0 Å². The summed E-state index contributed by atoms with van der Waals surface area (Å²) in [7, 11) is 1.53. The van der Waals surface area contributed by atoms with Gasteiger partial charge in [0.1, 0.15) is 0 Å². The normalized spacial score (nSPS) is 10.2. The first-order chi connectivity index (χ1) is 7.41. The molecular formula is C10H14N2O4. The van der Waals surface area contributed by atoms with Crippen molar-refractivity contribution in [1.82, 2.24) is 9.88 Å². The van der Waals surface area contributed by atoms with Gasteiger partial charge >= 0.3 is 5.97 Å². The third-order valence-corrected chi connectivity index (χ3v) is 2.11. The Hall–Kier alpha value is -1.85. The fourth-order valence-electron chi connectivity index (χ4n) is 1.27. The standard InChI is InChI=1S/C10H14N2O4/c1-6-9(16-7(2)11-6)10(15)12(3)5-4-8(13)14/h4-5H2,1-3H3,(H,13,14). The minimum atomic E-state index is -0.940. The quantitative estimate of drug-likeness (QED) is 0.822. The van der Waals surface area contributed by atoms with E-state index in [0.717, 1.165) is 0 Å². The van der Waals surface area contributed by atoms with Gasteiger partial charge in [0, 0.05) is 20.5 Å². The largest absolute Gasteiger partial charge is 0.481 e. The van der Waals surface area contributed by atoms with Gasteiger partial charge in [0.2, 0.25) is 5.76 Å². The monoisotopic (exact) mass is 226 g/mol. The number of aryl methyl sites for hydroxylation is 2. The summed E-state index contributed by atoms with van der Waals surface area (Å²) in [5, 5.41) is 8.50. The summed E-state index contributed by atoms with van der Waals surface area (Å²) in [6, 6.07) is 0. The minimum absolute atomic E-state index is 0.0889. The SMILES string of the molecule is Cc1nc(C)c(C(=O)N(C)CCC(=O)O)o1. The average molecular weight is 226 g/mol. The molecule has 0 aliphatic carbocycles. The fourth-order valence-corrected chi connectivity index (χ4v) is 1.27. The van der Waals surface area contributed by atoms with Crippen LogP contribution in [0.1, 0.15) is 28.6 Å². The lowest BCUT2D eigenvalue weighted by molar-refractivity contribution is -0.137. The van der Waals surface area contributed by atoms with Gasteiger partial charge in [-0.1, -0.05) is 0 Å². The number of nitrogens with zero attached hydrogens (tertiary/aromatic N) is 2. The molecule has 1 rings (SSSR count). The molecule has 1 N–H and O–H groups in total. The van der Waals surface area contributed by atoms with E-state index in [2.05, 4.69) is 4.98 Å². The highest BCUT2D eigenvalue weighted by Crippen LogP contribution is 2.11. The lowest BCUT2D eigenvalue weighted by Crippen LogP contribution is -2.29. The zero-order valence-electron chi connectivity index (χ0n) is 9.48. The van der Waals surface area contributed by atoms with Gasteiger partial charge in [-0.3, -0.25) is 9.59 Å². The molecule has 1 aromatic heterocycles. The van der Waals surface area contributed by atoms with Crippen molar-refractivity contribution in [3.8, 4) is 0 Å². The van der Waals surface area contributed by atoms with E-state index < -0.39 is 5.97 Å². The van der Waals surface area contributed by atoms with Gasteiger partial charge < -0.3 is 14.4 Å². The average Bonchev–Trinajstić information content (AvgIpc) is 2.53. The molecule has 6 heteroatoms. The summed E-state index contributed by atoms with van der Waals surface area (Å²) in [5.41, 5.74) is 0.518. The van der Waals surface area contributed by atoms with Crippen LogP contribution in [0.25, 0.3) is 0 Å². The highest BCUT2D eigenvalue weighted by molar-refractivity contribution is 5.92. The molecule has 0 aliphatic heterocycles. The third kappa shape index (κ3) is 2.82. The molecule has 0 spiro atoms. The summed E-state index contributed by atoms with van der Waals surface area (Å²) in [6.45, 7) is 3.48. The van der Waals surface area contributed by atoms with E-state index in [1.165, 1.54) is 11.9 Å². The number of hydrogen-bond donors (Lipinski definition) is 1. The maximum atomic E-state index is 11.8. The lowest BCUT2D eigenvalue weighted by atomic mass is 10.3. The number of amides is 1. The second-order valence-corrected chi connectivity index (χ2v) is 3.52. The van der Waals surface area contributed by atoms with Crippen LogP contribution in [0.4, 0.5) is 0 Å². The van der Waals surface area contributed by atoms with E-state index in [9.17, 15) is 9.59 Å². The molecule has 1 amide bonds. The van der Waals surface area contributed by atoms with Crippen LogP contribution in [0.5, 0.6) is 0 Å². The Bertz CT molecular complexity index is 411. The lowest BCUT2D eigenvalue weighted by Gasteiger charge is -2.14. The number of rotatable bonds is 4. The molecule has 16 heavy (non-hydrogen) atoms. The molecule has 0 saturated carbocycles. The zero-order valence-corrected chi connectivity index (χ0v) is 9.48. The number of oxazole rings is 1. The van der Waals surface area contributed by atoms with Crippen LogP contribution < -0.4 is 0 Å². The van der Waals surface area contributed by atoms with E-state index in [1.807, 2.05) is 0 Å². The van der Waals surface area contributed by atoms with Crippen molar-refractivity contribution >= 4 is 11.9 Å². The van der Waals surface area contributed by atoms with Crippen molar-refractivity contribution in [3.05, 3.63) is 17.3 Å². The van der Waals surface area contributed by atoms with Crippen molar-refractivity contribution in [2.45, 2.75) is 20.3 Å². The Morgan fingerprint density at radius 2 is 2.06 bits per heavy atom. The van der Waals surface area contributed by atoms with Crippen molar-refractivity contribution in [2.75, 3.05) is 13.6 Å². The second-order valence-electron chi connectivity index (χ2n) is 3.52. The van der Waals surface area contributed by atoms with Crippen LogP contribution in [0, 0.1) is 13.8 Å². The van der Waals surface area contributed by atoms with Gasteiger partial charge in [0.25, 0.3) is 5.91 Å². The van der Waals surface area contributed by atoms with E-state index in [0.29, 0.717) is 11.6 Å². The summed E-state index contributed by atoms with van der Waals surface area (Å²) in [6.07, 6.45) is -0.0889. The molecule has 0 radical (unpaired) electrons. The van der Waals surface area contributed by atoms with Crippen molar-refractivity contribution < 1.29 is 19.1 Å². The molecule has 0 atom stereocenters. The first kappa shape index (κ1) is 12.2. The molecule has 6 nitrogen and oxygen atoms in total. The Balaban J connectivity index is 2.70. The van der Waals surface area contributed by atoms with Crippen molar-refractivity contribution in [3.63, 3.8) is 0 Å². The van der Waals surface area contributed by atoms with Crippen LogP contribution in [-0.2, 0) is 4.79 Å². The number of aliphatic carboxylic acids is 1. The highest BCUT2D eigenvalue weighted by atomic mass is 16.4. The summed E-state index contributed by atoms with van der Waals surface area (Å²) < 4.78 is 5.15. The predicted octanol–water partition coefficient (Wildman–Crippen LogP) is 0.838. The number of carbonyl (C=O) groups excluding carboxylic acids is 1. The molecule has 0 unspecified atom stereocenters. The van der Waals surface area contributed by atoms with Crippen molar-refractivity contribution in [2.24, 2.45) is 0 Å². The first-order valence-corrected chi connectivity index (χ1v) is 4.83. The highest BCUT2D eigenvalue weighted by Gasteiger charge is 2.20. The summed E-state index contributed by atoms with van der Waals surface area (Å²) in [4.78, 5) is 27.4. The van der Waals surface area contributed by atoms with Crippen LogP contribution in [0.3, 0.4) is 0 Å². The van der Waals surface area contributed by atoms with Crippen LogP contribution in [0.15, 0.2) is 4.42 Å². The summed E-state index contributed by atoms with van der Waals surface area (Å²) in [5.74, 6) is -0.692. The Morgan fingerprint density at radius 3 is 2.50 bits per heavy atom. The minimum Gasteiger partial charge on any atom is -0.481 e. The predicted molar refractivity (Wildman–Crippen MR) is 55.2 cm³/mol. The fraction of sp³-hybridized carbons (Fsp3) is 0.500. The molecule has 1 heterocycles. The number of hydrogen-bond acceptors (Lipinski definition) is 4. The molecule has 0 fully saturated rings. The summed E-state index contributed by atoms with van der Waals surface area (Å²) >= 11 is 0.